The molecule has 0 aliphatic rings. The van der Waals surface area contributed by atoms with Crippen LogP contribution in [0.1, 0.15) is 22.3 Å². The number of hydrogen-bond acceptors (Lipinski definition) is 4. The van der Waals surface area contributed by atoms with Crippen molar-refractivity contribution in [2.75, 3.05) is 40.8 Å². The maximum Gasteiger partial charge on any atom is 0.251 e. The second-order valence-electron chi connectivity index (χ2n) is 4.83. The zero-order valence-corrected chi connectivity index (χ0v) is 12.9. The van der Waals surface area contributed by atoms with Crippen LogP contribution in [0.2, 0.25) is 0 Å². The lowest BCUT2D eigenvalue weighted by atomic mass is 10.1. The number of nitrogens with one attached hydrogen (secondary N) is 1. The van der Waals surface area contributed by atoms with Gasteiger partial charge in [0, 0.05) is 12.1 Å². The van der Waals surface area contributed by atoms with Crippen LogP contribution in [-0.2, 0) is 0 Å². The molecular formula is C16H23N3O2. The molecule has 0 aromatic heterocycles. The molecule has 0 aliphatic carbocycles. The second kappa shape index (κ2) is 9.01. The third-order valence-corrected chi connectivity index (χ3v) is 2.85. The van der Waals surface area contributed by atoms with Crippen molar-refractivity contribution in [1.29, 1.82) is 0 Å². The van der Waals surface area contributed by atoms with E-state index in [1.165, 1.54) is 0 Å². The predicted octanol–water partition coefficient (Wildman–Crippen LogP) is 0.687. The molecule has 21 heavy (non-hydrogen) atoms. The number of ether oxygens (including phenoxy) is 1. The van der Waals surface area contributed by atoms with Gasteiger partial charge in [-0.3, -0.25) is 4.79 Å². The third kappa shape index (κ3) is 5.86. The van der Waals surface area contributed by atoms with Crippen molar-refractivity contribution in [1.82, 2.24) is 10.2 Å². The van der Waals surface area contributed by atoms with Gasteiger partial charge in [-0.25, -0.2) is 0 Å². The minimum Gasteiger partial charge on any atom is -0.495 e. The maximum absolute atomic E-state index is 12.1. The first-order chi connectivity index (χ1) is 10.1. The summed E-state index contributed by atoms with van der Waals surface area (Å²) in [5.41, 5.74) is 6.62. The van der Waals surface area contributed by atoms with Gasteiger partial charge in [0.2, 0.25) is 0 Å². The summed E-state index contributed by atoms with van der Waals surface area (Å²) in [5.74, 6) is 6.22. The Labute approximate surface area is 126 Å². The fraction of sp³-hybridized carbons (Fsp3) is 0.438. The van der Waals surface area contributed by atoms with Crippen LogP contribution in [0.4, 0.5) is 0 Å². The van der Waals surface area contributed by atoms with Crippen molar-refractivity contribution in [2.45, 2.75) is 6.42 Å². The first-order valence-electron chi connectivity index (χ1n) is 6.88. The maximum atomic E-state index is 12.1. The van der Waals surface area contributed by atoms with E-state index in [1.54, 1.807) is 25.3 Å². The summed E-state index contributed by atoms with van der Waals surface area (Å²) in [5, 5.41) is 2.90. The zero-order chi connectivity index (χ0) is 15.7. The number of carbonyl (C=O) groups excluding carboxylic acids is 1. The monoisotopic (exact) mass is 289 g/mol. The van der Waals surface area contributed by atoms with E-state index in [-0.39, 0.29) is 12.5 Å². The summed E-state index contributed by atoms with van der Waals surface area (Å²) in [6.07, 6.45) is 0.911. The summed E-state index contributed by atoms with van der Waals surface area (Å²) in [6.45, 7) is 1.85. The van der Waals surface area contributed by atoms with Gasteiger partial charge in [-0.15, -0.1) is 0 Å². The minimum absolute atomic E-state index is 0.104. The highest BCUT2D eigenvalue weighted by Crippen LogP contribution is 2.18. The Kier molecular flexibility index (Phi) is 7.30. The molecule has 0 unspecified atom stereocenters. The van der Waals surface area contributed by atoms with Crippen molar-refractivity contribution in [3.05, 3.63) is 29.3 Å². The highest BCUT2D eigenvalue weighted by molar-refractivity contribution is 5.94. The second-order valence-corrected chi connectivity index (χ2v) is 4.83. The SMILES string of the molecule is COc1ccc(C(=O)NCCCN(C)C)cc1C#CCN. The molecule has 3 N–H and O–H groups in total. The molecule has 0 fully saturated rings. The van der Waals surface area contributed by atoms with E-state index >= 15 is 0 Å². The van der Waals surface area contributed by atoms with Crippen LogP contribution in [0.5, 0.6) is 5.75 Å². The first kappa shape index (κ1) is 17.0. The van der Waals surface area contributed by atoms with E-state index < -0.39 is 0 Å². The summed E-state index contributed by atoms with van der Waals surface area (Å²) in [6, 6.07) is 5.20. The van der Waals surface area contributed by atoms with E-state index in [0.29, 0.717) is 23.4 Å². The number of methoxy groups -OCH3 is 1. The number of nitrogens with two attached hydrogens (primary N) is 1. The Morgan fingerprint density at radius 3 is 2.81 bits per heavy atom. The quantitative estimate of drug-likeness (QED) is 0.597. The lowest BCUT2D eigenvalue weighted by molar-refractivity contribution is 0.0952. The van der Waals surface area contributed by atoms with Crippen LogP contribution in [0, 0.1) is 11.8 Å². The molecule has 0 saturated heterocycles. The molecule has 1 aromatic carbocycles. The van der Waals surface area contributed by atoms with Crippen LogP contribution in [0.15, 0.2) is 18.2 Å². The van der Waals surface area contributed by atoms with Crippen LogP contribution >= 0.6 is 0 Å². The van der Waals surface area contributed by atoms with Gasteiger partial charge < -0.3 is 20.7 Å². The van der Waals surface area contributed by atoms with Crippen molar-refractivity contribution in [3.8, 4) is 17.6 Å². The van der Waals surface area contributed by atoms with Gasteiger partial charge in [-0.05, 0) is 45.3 Å². The smallest absolute Gasteiger partial charge is 0.251 e. The molecule has 1 amide bonds. The van der Waals surface area contributed by atoms with Crippen LogP contribution in [0.3, 0.4) is 0 Å². The molecule has 0 aliphatic heterocycles. The standard InChI is InChI=1S/C16H23N3O2/c1-19(2)11-5-10-18-16(20)14-7-8-15(21-3)13(12-14)6-4-9-17/h7-8,12H,5,9-11,17H2,1-3H3,(H,18,20). The fourth-order valence-corrected chi connectivity index (χ4v) is 1.79. The molecule has 0 saturated carbocycles. The summed E-state index contributed by atoms with van der Waals surface area (Å²) in [7, 11) is 5.59. The molecule has 5 heteroatoms. The van der Waals surface area contributed by atoms with Crippen molar-refractivity contribution >= 4 is 5.91 Å². The molecule has 1 rings (SSSR count). The van der Waals surface area contributed by atoms with Gasteiger partial charge in [0.25, 0.3) is 5.91 Å². The lowest BCUT2D eigenvalue weighted by Gasteiger charge is -2.10. The molecular weight excluding hydrogens is 266 g/mol. The average Bonchev–Trinajstić information content (AvgIpc) is 2.48. The topological polar surface area (TPSA) is 67.6 Å². The molecule has 114 valence electrons. The number of nitrogens with zero attached hydrogens (tertiary/aromatic N) is 1. The number of amides is 1. The van der Waals surface area contributed by atoms with E-state index in [9.17, 15) is 4.79 Å². The van der Waals surface area contributed by atoms with Crippen molar-refractivity contribution in [2.24, 2.45) is 5.73 Å². The van der Waals surface area contributed by atoms with E-state index in [0.717, 1.165) is 13.0 Å². The number of carbonyl (C=O) groups is 1. The van der Waals surface area contributed by atoms with Crippen LogP contribution in [-0.4, -0.2) is 51.6 Å². The summed E-state index contributed by atoms with van der Waals surface area (Å²) < 4.78 is 5.22. The fourth-order valence-electron chi connectivity index (χ4n) is 1.79. The predicted molar refractivity (Wildman–Crippen MR) is 84.4 cm³/mol. The molecule has 1 aromatic rings. The van der Waals surface area contributed by atoms with Gasteiger partial charge in [-0.2, -0.15) is 0 Å². The Bertz CT molecular complexity index is 530. The van der Waals surface area contributed by atoms with Crippen LogP contribution in [0.25, 0.3) is 0 Å². The molecule has 0 atom stereocenters. The number of hydrogen-bond donors (Lipinski definition) is 2. The number of benzene rings is 1. The Morgan fingerprint density at radius 2 is 2.19 bits per heavy atom. The zero-order valence-electron chi connectivity index (χ0n) is 12.9. The summed E-state index contributed by atoms with van der Waals surface area (Å²) >= 11 is 0. The summed E-state index contributed by atoms with van der Waals surface area (Å²) in [4.78, 5) is 14.2. The van der Waals surface area contributed by atoms with Crippen molar-refractivity contribution < 1.29 is 9.53 Å². The van der Waals surface area contributed by atoms with E-state index in [2.05, 4.69) is 22.1 Å². The highest BCUT2D eigenvalue weighted by Gasteiger charge is 2.08. The van der Waals surface area contributed by atoms with Gasteiger partial charge in [0.1, 0.15) is 5.75 Å². The molecule has 0 radical (unpaired) electrons. The normalized spacial score (nSPS) is 9.95. The molecule has 0 bridgehead atoms. The van der Waals surface area contributed by atoms with Gasteiger partial charge in [-0.1, -0.05) is 11.8 Å². The molecule has 0 spiro atoms. The van der Waals surface area contributed by atoms with Gasteiger partial charge in [0.15, 0.2) is 0 Å². The minimum atomic E-state index is -0.104. The first-order valence-corrected chi connectivity index (χ1v) is 6.88. The number of rotatable bonds is 6. The molecule has 0 heterocycles. The van der Waals surface area contributed by atoms with Gasteiger partial charge >= 0.3 is 0 Å². The average molecular weight is 289 g/mol. The highest BCUT2D eigenvalue weighted by atomic mass is 16.5. The van der Waals surface area contributed by atoms with Crippen LogP contribution < -0.4 is 15.8 Å². The Morgan fingerprint density at radius 1 is 1.43 bits per heavy atom. The lowest BCUT2D eigenvalue weighted by Crippen LogP contribution is -2.27. The van der Waals surface area contributed by atoms with E-state index in [4.69, 9.17) is 10.5 Å². The largest absolute Gasteiger partial charge is 0.495 e. The Balaban J connectivity index is 2.71. The molecule has 5 nitrogen and oxygen atoms in total. The van der Waals surface area contributed by atoms with E-state index in [1.807, 2.05) is 14.1 Å². The third-order valence-electron chi connectivity index (χ3n) is 2.85. The Hall–Kier alpha value is -2.03. The van der Waals surface area contributed by atoms with Crippen molar-refractivity contribution in [3.63, 3.8) is 0 Å². The van der Waals surface area contributed by atoms with Gasteiger partial charge in [0.05, 0.1) is 19.2 Å².